The fourth-order valence-corrected chi connectivity index (χ4v) is 4.91. The molecule has 0 atom stereocenters. The summed E-state index contributed by atoms with van der Waals surface area (Å²) in [5.41, 5.74) is 1.01. The molecular formula is C42H50O10. The van der Waals surface area contributed by atoms with Crippen molar-refractivity contribution < 1.29 is 47.6 Å². The average Bonchev–Trinajstić information content (AvgIpc) is 3.14. The summed E-state index contributed by atoms with van der Waals surface area (Å²) in [6, 6.07) is 18.5. The molecule has 0 bridgehead atoms. The molecule has 10 nitrogen and oxygen atoms in total. The van der Waals surface area contributed by atoms with Crippen molar-refractivity contribution in [1.82, 2.24) is 0 Å². The number of carbonyl (C=O) groups is 4. The third-order valence-electron chi connectivity index (χ3n) is 7.79. The van der Waals surface area contributed by atoms with Crippen LogP contribution in [-0.4, -0.2) is 50.3 Å². The van der Waals surface area contributed by atoms with Gasteiger partial charge in [-0.15, -0.1) is 0 Å². The van der Waals surface area contributed by atoms with Gasteiger partial charge in [0.1, 0.15) is 23.0 Å². The summed E-state index contributed by atoms with van der Waals surface area (Å²) in [4.78, 5) is 48.1. The molecule has 0 aromatic heterocycles. The second-order valence-electron chi connectivity index (χ2n) is 13.0. The van der Waals surface area contributed by atoms with E-state index < -0.39 is 29.3 Å². The lowest BCUT2D eigenvalue weighted by atomic mass is 9.86. The van der Waals surface area contributed by atoms with Gasteiger partial charge in [0.05, 0.1) is 37.6 Å². The lowest BCUT2D eigenvalue weighted by Gasteiger charge is -2.23. The van der Waals surface area contributed by atoms with Gasteiger partial charge in [-0.25, -0.2) is 19.2 Å². The van der Waals surface area contributed by atoms with Crippen molar-refractivity contribution in [2.45, 2.75) is 77.6 Å². The number of carbonyl (C=O) groups excluding carboxylic acids is 4. The van der Waals surface area contributed by atoms with Crippen LogP contribution in [-0.2, 0) is 24.5 Å². The summed E-state index contributed by atoms with van der Waals surface area (Å²) < 4.78 is 33.0. The number of hydrogen-bond donors (Lipinski definition) is 0. The molecule has 0 aliphatic rings. The van der Waals surface area contributed by atoms with E-state index in [1.165, 1.54) is 0 Å². The van der Waals surface area contributed by atoms with E-state index in [0.29, 0.717) is 66.1 Å². The summed E-state index contributed by atoms with van der Waals surface area (Å²) in [7, 11) is 0. The molecule has 278 valence electrons. The molecule has 0 radical (unpaired) electrons. The van der Waals surface area contributed by atoms with E-state index in [4.69, 9.17) is 28.4 Å². The Kier molecular flexibility index (Phi) is 17.2. The Hall–Kier alpha value is -5.38. The van der Waals surface area contributed by atoms with Crippen molar-refractivity contribution >= 4 is 23.9 Å². The second kappa shape index (κ2) is 21.8. The number of hydrogen-bond acceptors (Lipinski definition) is 10. The lowest BCUT2D eigenvalue weighted by Crippen LogP contribution is -2.17. The van der Waals surface area contributed by atoms with Crippen LogP contribution in [0.25, 0.3) is 0 Å². The van der Waals surface area contributed by atoms with E-state index >= 15 is 0 Å². The van der Waals surface area contributed by atoms with Crippen LogP contribution in [0.15, 0.2) is 92.0 Å². The van der Waals surface area contributed by atoms with Crippen LogP contribution in [0.5, 0.6) is 23.0 Å². The summed E-state index contributed by atoms with van der Waals surface area (Å²) in [5, 5.41) is 0. The highest BCUT2D eigenvalue weighted by molar-refractivity contribution is 5.92. The van der Waals surface area contributed by atoms with E-state index in [2.05, 4.69) is 13.2 Å². The molecule has 0 aliphatic carbocycles. The van der Waals surface area contributed by atoms with Gasteiger partial charge in [-0.2, -0.15) is 0 Å². The monoisotopic (exact) mass is 714 g/mol. The maximum atomic E-state index is 13.1. The Balaban J connectivity index is 1.46. The molecule has 0 amide bonds. The van der Waals surface area contributed by atoms with Crippen molar-refractivity contribution in [3.05, 3.63) is 109 Å². The molecule has 10 heteroatoms. The van der Waals surface area contributed by atoms with Crippen LogP contribution in [0.1, 0.15) is 98.4 Å². The molecular weight excluding hydrogens is 664 g/mol. The topological polar surface area (TPSA) is 124 Å². The first-order valence-electron chi connectivity index (χ1n) is 17.6. The lowest BCUT2D eigenvalue weighted by molar-refractivity contribution is -0.138. The molecule has 0 N–H and O–H groups in total. The van der Waals surface area contributed by atoms with E-state index in [1.807, 2.05) is 20.8 Å². The van der Waals surface area contributed by atoms with Crippen LogP contribution in [0.4, 0.5) is 0 Å². The molecule has 0 saturated heterocycles. The molecule has 0 spiro atoms. The zero-order valence-electron chi connectivity index (χ0n) is 30.5. The van der Waals surface area contributed by atoms with E-state index in [0.717, 1.165) is 63.5 Å². The first kappa shape index (κ1) is 41.0. The van der Waals surface area contributed by atoms with Gasteiger partial charge in [-0.3, -0.25) is 0 Å². The fraction of sp³-hybridized carbons (Fsp3) is 0.381. The number of rotatable bonds is 22. The number of ether oxygens (including phenoxy) is 6. The smallest absolute Gasteiger partial charge is 0.343 e. The summed E-state index contributed by atoms with van der Waals surface area (Å²) in [6.07, 6.45) is 9.31. The molecule has 0 saturated carbocycles. The van der Waals surface area contributed by atoms with Crippen LogP contribution >= 0.6 is 0 Å². The quantitative estimate of drug-likeness (QED) is 0.0432. The van der Waals surface area contributed by atoms with Gasteiger partial charge in [0.25, 0.3) is 0 Å². The van der Waals surface area contributed by atoms with Gasteiger partial charge in [0.2, 0.25) is 0 Å². The third kappa shape index (κ3) is 14.8. The first-order chi connectivity index (χ1) is 25.0. The van der Waals surface area contributed by atoms with E-state index in [1.54, 1.807) is 66.7 Å². The Morgan fingerprint density at radius 2 is 0.942 bits per heavy atom. The van der Waals surface area contributed by atoms with Gasteiger partial charge >= 0.3 is 23.9 Å². The molecule has 3 aromatic carbocycles. The van der Waals surface area contributed by atoms with Gasteiger partial charge in [0, 0.05) is 17.7 Å². The highest BCUT2D eigenvalue weighted by Gasteiger charge is 2.23. The summed E-state index contributed by atoms with van der Waals surface area (Å²) in [5.74, 6) is 0.131. The zero-order chi connectivity index (χ0) is 37.8. The molecule has 3 rings (SSSR count). The van der Waals surface area contributed by atoms with Gasteiger partial charge in [0.15, 0.2) is 0 Å². The van der Waals surface area contributed by atoms with Crippen molar-refractivity contribution in [3.63, 3.8) is 0 Å². The molecule has 52 heavy (non-hydrogen) atoms. The Morgan fingerprint density at radius 3 is 1.37 bits per heavy atom. The average molecular weight is 715 g/mol. The van der Waals surface area contributed by atoms with Crippen molar-refractivity contribution in [3.8, 4) is 23.0 Å². The Morgan fingerprint density at radius 1 is 0.538 bits per heavy atom. The van der Waals surface area contributed by atoms with Crippen molar-refractivity contribution in [2.75, 3.05) is 26.4 Å². The van der Waals surface area contributed by atoms with Gasteiger partial charge in [-0.05, 0) is 124 Å². The minimum Gasteiger partial charge on any atom is -0.494 e. The number of unbranched alkanes of at least 4 members (excludes halogenated alkanes) is 6. The standard InChI is InChI=1S/C42H50O10/c1-6-38(43)49-28-14-10-8-12-26-47-33-20-16-31(17-21-33)40(45)51-35-24-25-37(36(30-35)42(3,4)5)52-41(46)32-18-22-34(23-19-32)48-27-13-9-11-15-29-50-39(44)7-2/h6-7,16-25,30H,1-2,8-15,26-29H2,3-5H3. The SMILES string of the molecule is C=CC(=O)OCCCCCCOc1ccc(C(=O)Oc2ccc(OC(=O)c3ccc(OCCCCCCOC(=O)C=C)cc3)c(C(C)(C)C)c2)cc1. The van der Waals surface area contributed by atoms with Crippen LogP contribution in [0, 0.1) is 0 Å². The molecule has 0 fully saturated rings. The minimum atomic E-state index is -0.526. The zero-order valence-corrected chi connectivity index (χ0v) is 30.5. The number of benzene rings is 3. The largest absolute Gasteiger partial charge is 0.494 e. The third-order valence-corrected chi connectivity index (χ3v) is 7.79. The van der Waals surface area contributed by atoms with Gasteiger partial charge < -0.3 is 28.4 Å². The number of esters is 4. The van der Waals surface area contributed by atoms with E-state index in [9.17, 15) is 19.2 Å². The normalized spacial score (nSPS) is 10.8. The molecule has 0 unspecified atom stereocenters. The van der Waals surface area contributed by atoms with Crippen LogP contribution in [0.3, 0.4) is 0 Å². The van der Waals surface area contributed by atoms with E-state index in [-0.39, 0.29) is 0 Å². The Labute approximate surface area is 306 Å². The van der Waals surface area contributed by atoms with Crippen LogP contribution < -0.4 is 18.9 Å². The molecule has 0 heterocycles. The maximum absolute atomic E-state index is 13.1. The second-order valence-corrected chi connectivity index (χ2v) is 13.0. The maximum Gasteiger partial charge on any atom is 0.343 e. The first-order valence-corrected chi connectivity index (χ1v) is 17.6. The predicted molar refractivity (Wildman–Crippen MR) is 198 cm³/mol. The summed E-state index contributed by atoms with van der Waals surface area (Å²) in [6.45, 7) is 14.5. The molecule has 3 aromatic rings. The van der Waals surface area contributed by atoms with Crippen LogP contribution in [0.2, 0.25) is 0 Å². The predicted octanol–water partition coefficient (Wildman–Crippen LogP) is 8.76. The Bertz CT molecular complexity index is 1620. The van der Waals surface area contributed by atoms with Crippen molar-refractivity contribution in [2.24, 2.45) is 0 Å². The molecule has 0 aliphatic heterocycles. The highest BCUT2D eigenvalue weighted by atomic mass is 16.5. The fourth-order valence-electron chi connectivity index (χ4n) is 4.91. The highest BCUT2D eigenvalue weighted by Crippen LogP contribution is 2.35. The summed E-state index contributed by atoms with van der Waals surface area (Å²) >= 11 is 0. The minimum absolute atomic E-state index is 0.326. The van der Waals surface area contributed by atoms with Gasteiger partial charge in [-0.1, -0.05) is 33.9 Å². The van der Waals surface area contributed by atoms with Crippen molar-refractivity contribution in [1.29, 1.82) is 0 Å².